The Morgan fingerprint density at radius 3 is 2.80 bits per heavy atom. The first-order chi connectivity index (χ1) is 7.42. The molecule has 15 heavy (non-hydrogen) atoms. The smallest absolute Gasteiger partial charge is 0.201 e. The van der Waals surface area contributed by atoms with Crippen molar-refractivity contribution in [1.29, 1.82) is 0 Å². The van der Waals surface area contributed by atoms with Gasteiger partial charge < -0.3 is 10.3 Å². The van der Waals surface area contributed by atoms with Crippen LogP contribution in [0, 0.1) is 0 Å². The lowest BCUT2D eigenvalue weighted by Gasteiger charge is -2.09. The minimum absolute atomic E-state index is 0.505. The highest BCUT2D eigenvalue weighted by Gasteiger charge is 2.11. The fourth-order valence-electron chi connectivity index (χ4n) is 1.95. The molecule has 0 radical (unpaired) electrons. The van der Waals surface area contributed by atoms with Crippen LogP contribution in [0.2, 0.25) is 0 Å². The standard InChI is InChI=1S/C12H13N3/c1-2-6-9(5-1)13-12-14-10-7-3-4-8-11(10)15-12/h1-4,7-9H,5-6H2,(H2,13,14,15). The molecular formula is C12H13N3. The van der Waals surface area contributed by atoms with Crippen LogP contribution < -0.4 is 5.32 Å². The molecule has 1 aliphatic carbocycles. The number of nitrogens with one attached hydrogen (secondary N) is 2. The first-order valence-electron chi connectivity index (χ1n) is 5.28. The summed E-state index contributed by atoms with van der Waals surface area (Å²) in [7, 11) is 0. The van der Waals surface area contributed by atoms with Crippen LogP contribution in [0.4, 0.5) is 5.95 Å². The fraction of sp³-hybridized carbons (Fsp3) is 0.250. The van der Waals surface area contributed by atoms with Crippen molar-refractivity contribution in [2.75, 3.05) is 5.32 Å². The molecule has 0 atom stereocenters. The highest BCUT2D eigenvalue weighted by atomic mass is 15.1. The molecule has 0 unspecified atom stereocenters. The molecule has 1 heterocycles. The summed E-state index contributed by atoms with van der Waals surface area (Å²) in [6.07, 6.45) is 6.61. The number of imidazole rings is 1. The van der Waals surface area contributed by atoms with Gasteiger partial charge in [0.1, 0.15) is 0 Å². The normalized spacial score (nSPS) is 16.3. The van der Waals surface area contributed by atoms with E-state index >= 15 is 0 Å². The number of anilines is 1. The molecule has 76 valence electrons. The zero-order valence-electron chi connectivity index (χ0n) is 8.40. The fourth-order valence-corrected chi connectivity index (χ4v) is 1.95. The van der Waals surface area contributed by atoms with Gasteiger partial charge >= 0.3 is 0 Å². The zero-order chi connectivity index (χ0) is 10.1. The van der Waals surface area contributed by atoms with Gasteiger partial charge in [-0.1, -0.05) is 24.3 Å². The van der Waals surface area contributed by atoms with E-state index in [1.807, 2.05) is 24.3 Å². The number of rotatable bonds is 2. The molecule has 0 spiro atoms. The number of hydrogen-bond donors (Lipinski definition) is 2. The van der Waals surface area contributed by atoms with Crippen LogP contribution in [0.5, 0.6) is 0 Å². The van der Waals surface area contributed by atoms with Gasteiger partial charge in [-0.3, -0.25) is 0 Å². The topological polar surface area (TPSA) is 40.7 Å². The Kier molecular flexibility index (Phi) is 1.95. The predicted molar refractivity (Wildman–Crippen MR) is 61.9 cm³/mol. The van der Waals surface area contributed by atoms with Crippen molar-refractivity contribution < 1.29 is 0 Å². The van der Waals surface area contributed by atoms with E-state index in [-0.39, 0.29) is 0 Å². The second-order valence-corrected chi connectivity index (χ2v) is 3.89. The minimum atomic E-state index is 0.505. The number of H-pyrrole nitrogens is 1. The summed E-state index contributed by atoms with van der Waals surface area (Å²) >= 11 is 0. The van der Waals surface area contributed by atoms with E-state index in [9.17, 15) is 0 Å². The maximum absolute atomic E-state index is 4.48. The summed E-state index contributed by atoms with van der Waals surface area (Å²) in [5.41, 5.74) is 2.11. The molecule has 2 aromatic rings. The summed E-state index contributed by atoms with van der Waals surface area (Å²) in [5, 5.41) is 3.40. The van der Waals surface area contributed by atoms with Crippen LogP contribution in [0.25, 0.3) is 11.0 Å². The van der Waals surface area contributed by atoms with Gasteiger partial charge in [0.05, 0.1) is 11.0 Å². The summed E-state index contributed by atoms with van der Waals surface area (Å²) in [6, 6.07) is 8.58. The predicted octanol–water partition coefficient (Wildman–Crippen LogP) is 2.69. The Morgan fingerprint density at radius 2 is 2.00 bits per heavy atom. The van der Waals surface area contributed by atoms with Gasteiger partial charge in [0.15, 0.2) is 0 Å². The molecule has 0 fully saturated rings. The van der Waals surface area contributed by atoms with Crippen LogP contribution in [0.15, 0.2) is 36.4 Å². The lowest BCUT2D eigenvalue weighted by atomic mass is 10.2. The van der Waals surface area contributed by atoms with Crippen LogP contribution >= 0.6 is 0 Å². The van der Waals surface area contributed by atoms with Crippen LogP contribution in [-0.4, -0.2) is 16.0 Å². The zero-order valence-corrected chi connectivity index (χ0v) is 8.40. The molecular weight excluding hydrogens is 186 g/mol. The Labute approximate surface area is 88.2 Å². The molecule has 1 aliphatic rings. The quantitative estimate of drug-likeness (QED) is 0.730. The number of nitrogens with zero attached hydrogens (tertiary/aromatic N) is 1. The van der Waals surface area contributed by atoms with Crippen molar-refractivity contribution in [3.05, 3.63) is 36.4 Å². The lowest BCUT2D eigenvalue weighted by Crippen LogP contribution is -2.15. The largest absolute Gasteiger partial charge is 0.352 e. The van der Waals surface area contributed by atoms with E-state index in [1.54, 1.807) is 0 Å². The Balaban J connectivity index is 1.85. The molecule has 1 aromatic carbocycles. The summed E-state index contributed by atoms with van der Waals surface area (Å²) in [6.45, 7) is 0. The van der Waals surface area contributed by atoms with Crippen LogP contribution in [0.3, 0.4) is 0 Å². The van der Waals surface area contributed by atoms with Crippen molar-refractivity contribution in [3.63, 3.8) is 0 Å². The summed E-state index contributed by atoms with van der Waals surface area (Å²) < 4.78 is 0. The van der Waals surface area contributed by atoms with Crippen molar-refractivity contribution in [2.24, 2.45) is 0 Å². The maximum atomic E-state index is 4.48. The van der Waals surface area contributed by atoms with Crippen LogP contribution in [-0.2, 0) is 0 Å². The lowest BCUT2D eigenvalue weighted by molar-refractivity contribution is 0.777. The number of fused-ring (bicyclic) bond motifs is 1. The van der Waals surface area contributed by atoms with E-state index < -0.39 is 0 Å². The van der Waals surface area contributed by atoms with E-state index in [2.05, 4.69) is 27.4 Å². The second kappa shape index (κ2) is 3.42. The maximum Gasteiger partial charge on any atom is 0.201 e. The first kappa shape index (κ1) is 8.53. The average Bonchev–Trinajstić information content (AvgIpc) is 2.86. The minimum Gasteiger partial charge on any atom is -0.352 e. The van der Waals surface area contributed by atoms with Crippen molar-refractivity contribution in [2.45, 2.75) is 18.9 Å². The Morgan fingerprint density at radius 1 is 1.20 bits per heavy atom. The molecule has 1 aromatic heterocycles. The van der Waals surface area contributed by atoms with E-state index in [0.29, 0.717) is 6.04 Å². The molecule has 0 aliphatic heterocycles. The number of aromatic amines is 1. The van der Waals surface area contributed by atoms with Gasteiger partial charge in [-0.2, -0.15) is 0 Å². The van der Waals surface area contributed by atoms with Gasteiger partial charge in [-0.25, -0.2) is 4.98 Å². The number of para-hydroxylation sites is 2. The first-order valence-corrected chi connectivity index (χ1v) is 5.28. The van der Waals surface area contributed by atoms with E-state index in [0.717, 1.165) is 29.8 Å². The number of hydrogen-bond acceptors (Lipinski definition) is 2. The number of benzene rings is 1. The van der Waals surface area contributed by atoms with E-state index in [1.165, 1.54) is 0 Å². The summed E-state index contributed by atoms with van der Waals surface area (Å²) in [5.74, 6) is 0.880. The third-order valence-electron chi connectivity index (χ3n) is 2.74. The van der Waals surface area contributed by atoms with Crippen molar-refractivity contribution in [3.8, 4) is 0 Å². The average molecular weight is 199 g/mol. The van der Waals surface area contributed by atoms with E-state index in [4.69, 9.17) is 0 Å². The Bertz CT molecular complexity index is 457. The van der Waals surface area contributed by atoms with Crippen molar-refractivity contribution >= 4 is 17.0 Å². The highest BCUT2D eigenvalue weighted by Crippen LogP contribution is 2.17. The van der Waals surface area contributed by atoms with Gasteiger partial charge in [0, 0.05) is 6.04 Å². The second-order valence-electron chi connectivity index (χ2n) is 3.89. The van der Waals surface area contributed by atoms with Crippen molar-refractivity contribution in [1.82, 2.24) is 9.97 Å². The molecule has 2 N–H and O–H groups in total. The molecule has 0 saturated heterocycles. The number of aromatic nitrogens is 2. The monoisotopic (exact) mass is 199 g/mol. The molecule has 0 bridgehead atoms. The summed E-state index contributed by atoms with van der Waals surface area (Å²) in [4.78, 5) is 7.75. The van der Waals surface area contributed by atoms with Crippen LogP contribution in [0.1, 0.15) is 12.8 Å². The Hall–Kier alpha value is -1.77. The third kappa shape index (κ3) is 1.61. The molecule has 0 amide bonds. The molecule has 3 heteroatoms. The molecule has 3 rings (SSSR count). The van der Waals surface area contributed by atoms with Gasteiger partial charge in [0.25, 0.3) is 0 Å². The van der Waals surface area contributed by atoms with Gasteiger partial charge in [0.2, 0.25) is 5.95 Å². The molecule has 3 nitrogen and oxygen atoms in total. The highest BCUT2D eigenvalue weighted by molar-refractivity contribution is 5.77. The third-order valence-corrected chi connectivity index (χ3v) is 2.74. The SMILES string of the molecule is C1=CCC(Nc2nc3ccccc3[nH]2)C1. The van der Waals surface area contributed by atoms with Gasteiger partial charge in [-0.15, -0.1) is 0 Å². The molecule has 0 saturated carbocycles. The van der Waals surface area contributed by atoms with Gasteiger partial charge in [-0.05, 0) is 25.0 Å².